The van der Waals surface area contributed by atoms with Crippen LogP contribution < -0.4 is 0 Å². The van der Waals surface area contributed by atoms with Crippen LogP contribution in [0, 0.1) is 0 Å². The number of para-hydroxylation sites is 2. The second-order valence-corrected chi connectivity index (χ2v) is 17.6. The van der Waals surface area contributed by atoms with Gasteiger partial charge in [0.2, 0.25) is 0 Å². The summed E-state index contributed by atoms with van der Waals surface area (Å²) in [6.07, 6.45) is 0. The maximum absolute atomic E-state index is 6.24. The minimum Gasteiger partial charge on any atom is -0.456 e. The molecule has 0 saturated heterocycles. The van der Waals surface area contributed by atoms with E-state index in [0.717, 1.165) is 72.0 Å². The molecule has 3 aromatic heterocycles. The van der Waals surface area contributed by atoms with Crippen molar-refractivity contribution in [1.82, 2.24) is 19.5 Å². The van der Waals surface area contributed by atoms with Crippen LogP contribution in [0.15, 0.2) is 235 Å². The maximum Gasteiger partial charge on any atom is 0.164 e. The molecule has 0 aliphatic carbocycles. The molecule has 14 aromatic rings. The smallest absolute Gasteiger partial charge is 0.164 e. The SMILES string of the molecule is c1ccc(-c2ccc3c4ccccc4n(-c4cc(-c5ccc6c7ccccc7c7ccccc7c6c5)cc(-c5nc(-c6ccccc6)nc(-c6ccc7oc8ccccc8c7c6)n5)c4)c3c2)cc1. The molecule has 5 heteroatoms. The summed E-state index contributed by atoms with van der Waals surface area (Å²) >= 11 is 0. The molecule has 0 atom stereocenters. The van der Waals surface area contributed by atoms with Gasteiger partial charge in [0, 0.05) is 43.9 Å². The Morgan fingerprint density at radius 2 is 0.721 bits per heavy atom. The topological polar surface area (TPSA) is 56.7 Å². The van der Waals surface area contributed by atoms with Gasteiger partial charge >= 0.3 is 0 Å². The first-order valence-corrected chi connectivity index (χ1v) is 23.0. The first-order chi connectivity index (χ1) is 33.7. The van der Waals surface area contributed by atoms with Crippen LogP contribution in [0.25, 0.3) is 138 Å². The second kappa shape index (κ2) is 15.2. The van der Waals surface area contributed by atoms with Crippen LogP contribution in [0.4, 0.5) is 0 Å². The summed E-state index contributed by atoms with van der Waals surface area (Å²) in [6.45, 7) is 0. The Bertz CT molecular complexity index is 4290. The number of hydrogen-bond acceptors (Lipinski definition) is 4. The fraction of sp³-hybridized carbons (Fsp3) is 0. The van der Waals surface area contributed by atoms with Crippen LogP contribution in [-0.2, 0) is 0 Å². The van der Waals surface area contributed by atoms with Crippen LogP contribution in [0.3, 0.4) is 0 Å². The van der Waals surface area contributed by atoms with E-state index >= 15 is 0 Å². The summed E-state index contributed by atoms with van der Waals surface area (Å²) in [6, 6.07) is 82.0. The molecule has 0 radical (unpaired) electrons. The molecule has 0 aliphatic rings. The van der Waals surface area contributed by atoms with Gasteiger partial charge in [-0.25, -0.2) is 15.0 Å². The second-order valence-electron chi connectivity index (χ2n) is 17.6. The van der Waals surface area contributed by atoms with E-state index in [1.165, 1.54) is 48.7 Å². The molecule has 0 bridgehead atoms. The highest BCUT2D eigenvalue weighted by Gasteiger charge is 2.20. The van der Waals surface area contributed by atoms with Gasteiger partial charge < -0.3 is 8.98 Å². The first-order valence-electron chi connectivity index (χ1n) is 23.0. The number of aromatic nitrogens is 4. The Morgan fingerprint density at radius 1 is 0.250 bits per heavy atom. The lowest BCUT2D eigenvalue weighted by atomic mass is 9.91. The molecule has 11 aromatic carbocycles. The molecule has 0 amide bonds. The Balaban J connectivity index is 1.05. The zero-order valence-electron chi connectivity index (χ0n) is 36.6. The zero-order chi connectivity index (χ0) is 44.7. The molecule has 0 spiro atoms. The van der Waals surface area contributed by atoms with Gasteiger partial charge in [-0.1, -0.05) is 170 Å². The highest BCUT2D eigenvalue weighted by molar-refractivity contribution is 6.25. The van der Waals surface area contributed by atoms with Gasteiger partial charge in [0.05, 0.1) is 11.0 Å². The van der Waals surface area contributed by atoms with Gasteiger partial charge in [-0.3, -0.25) is 0 Å². The summed E-state index contributed by atoms with van der Waals surface area (Å²) < 4.78 is 8.65. The highest BCUT2D eigenvalue weighted by atomic mass is 16.3. The van der Waals surface area contributed by atoms with Crippen molar-refractivity contribution in [2.75, 3.05) is 0 Å². The predicted molar refractivity (Wildman–Crippen MR) is 281 cm³/mol. The quantitative estimate of drug-likeness (QED) is 0.156. The highest BCUT2D eigenvalue weighted by Crippen LogP contribution is 2.41. The van der Waals surface area contributed by atoms with E-state index in [1.54, 1.807) is 0 Å². The maximum atomic E-state index is 6.24. The molecule has 0 fully saturated rings. The molecule has 68 heavy (non-hydrogen) atoms. The Labute approximate surface area is 390 Å². The standard InChI is InChI=1S/C63H38N4O/c1-3-15-39(16-4-1)42-28-31-53-52-23-11-13-25-57(52)67(58(53)38-42)46-34-44(41-27-30-51-49-21-8-7-19-47(49)48-20-9-10-22-50(48)55(51)36-41)33-45(35-46)63-65-61(40-17-5-2-6-18-40)64-62(66-63)43-29-32-60-56(37-43)54-24-12-14-26-59(54)68-60/h1-38H. The molecule has 0 saturated carbocycles. The van der Waals surface area contributed by atoms with Crippen LogP contribution in [0.1, 0.15) is 0 Å². The predicted octanol–water partition coefficient (Wildman–Crippen LogP) is 16.7. The van der Waals surface area contributed by atoms with Gasteiger partial charge in [0.25, 0.3) is 0 Å². The lowest BCUT2D eigenvalue weighted by Gasteiger charge is -2.16. The largest absolute Gasteiger partial charge is 0.456 e. The number of furan rings is 1. The van der Waals surface area contributed by atoms with Gasteiger partial charge in [-0.2, -0.15) is 0 Å². The van der Waals surface area contributed by atoms with Crippen LogP contribution in [-0.4, -0.2) is 19.5 Å². The molecule has 316 valence electrons. The van der Waals surface area contributed by atoms with Gasteiger partial charge in [0.15, 0.2) is 17.5 Å². The summed E-state index contributed by atoms with van der Waals surface area (Å²) in [5, 5.41) is 11.9. The molecule has 0 unspecified atom stereocenters. The van der Waals surface area contributed by atoms with E-state index in [0.29, 0.717) is 17.5 Å². The van der Waals surface area contributed by atoms with Crippen molar-refractivity contribution in [1.29, 1.82) is 0 Å². The molecule has 0 N–H and O–H groups in total. The van der Waals surface area contributed by atoms with Crippen molar-refractivity contribution in [2.24, 2.45) is 0 Å². The van der Waals surface area contributed by atoms with Crippen molar-refractivity contribution in [3.63, 3.8) is 0 Å². The zero-order valence-corrected chi connectivity index (χ0v) is 36.6. The normalized spacial score (nSPS) is 11.8. The van der Waals surface area contributed by atoms with E-state index in [-0.39, 0.29) is 0 Å². The van der Waals surface area contributed by atoms with Crippen LogP contribution in [0.5, 0.6) is 0 Å². The molecular formula is C63H38N4O. The van der Waals surface area contributed by atoms with Gasteiger partial charge in [0.1, 0.15) is 11.2 Å². The minimum atomic E-state index is 0.581. The number of nitrogens with zero attached hydrogens (tertiary/aromatic N) is 4. The summed E-state index contributed by atoms with van der Waals surface area (Å²) in [4.78, 5) is 15.9. The monoisotopic (exact) mass is 866 g/mol. The van der Waals surface area contributed by atoms with E-state index in [2.05, 4.69) is 187 Å². The van der Waals surface area contributed by atoms with Crippen molar-refractivity contribution in [3.8, 4) is 62.1 Å². The lowest BCUT2D eigenvalue weighted by Crippen LogP contribution is -2.02. The molecule has 14 rings (SSSR count). The summed E-state index contributed by atoms with van der Waals surface area (Å²) in [5.74, 6) is 1.77. The first kappa shape index (κ1) is 38.1. The average Bonchev–Trinajstić information content (AvgIpc) is 3.96. The fourth-order valence-electron chi connectivity index (χ4n) is 10.4. The van der Waals surface area contributed by atoms with Crippen molar-refractivity contribution in [3.05, 3.63) is 231 Å². The number of rotatable bonds is 6. The fourth-order valence-corrected chi connectivity index (χ4v) is 10.4. The van der Waals surface area contributed by atoms with Crippen LogP contribution in [0.2, 0.25) is 0 Å². The third-order valence-electron chi connectivity index (χ3n) is 13.6. The summed E-state index contributed by atoms with van der Waals surface area (Å²) in [5.41, 5.74) is 12.1. The third-order valence-corrected chi connectivity index (χ3v) is 13.6. The van der Waals surface area contributed by atoms with E-state index < -0.39 is 0 Å². The molecule has 5 nitrogen and oxygen atoms in total. The van der Waals surface area contributed by atoms with E-state index in [9.17, 15) is 0 Å². The van der Waals surface area contributed by atoms with Crippen molar-refractivity contribution < 1.29 is 4.42 Å². The Morgan fingerprint density at radius 3 is 1.44 bits per heavy atom. The van der Waals surface area contributed by atoms with Gasteiger partial charge in [-0.05, 0) is 115 Å². The third kappa shape index (κ3) is 6.14. The van der Waals surface area contributed by atoms with E-state index in [4.69, 9.17) is 19.4 Å². The molecule has 3 heterocycles. The number of hydrogen-bond donors (Lipinski definition) is 0. The lowest BCUT2D eigenvalue weighted by molar-refractivity contribution is 0.669. The molecule has 0 aliphatic heterocycles. The van der Waals surface area contributed by atoms with E-state index in [1.807, 2.05) is 48.5 Å². The number of fused-ring (bicyclic) bond motifs is 12. The number of benzene rings is 11. The summed E-state index contributed by atoms with van der Waals surface area (Å²) in [7, 11) is 0. The minimum absolute atomic E-state index is 0.581. The average molecular weight is 867 g/mol. The van der Waals surface area contributed by atoms with Gasteiger partial charge in [-0.15, -0.1) is 0 Å². The van der Waals surface area contributed by atoms with Crippen molar-refractivity contribution in [2.45, 2.75) is 0 Å². The Hall–Kier alpha value is -9.19. The Kier molecular flexibility index (Phi) is 8.52. The van der Waals surface area contributed by atoms with Crippen LogP contribution >= 0.6 is 0 Å². The van der Waals surface area contributed by atoms with Crippen molar-refractivity contribution >= 4 is 76.1 Å². The molecular weight excluding hydrogens is 829 g/mol.